The number of aromatic nitrogens is 2. The summed E-state index contributed by atoms with van der Waals surface area (Å²) >= 11 is 3.35. The third-order valence-electron chi connectivity index (χ3n) is 2.98. The van der Waals surface area contributed by atoms with E-state index in [1.165, 1.54) is 10.4 Å². The van der Waals surface area contributed by atoms with Gasteiger partial charge in [0.25, 0.3) is 0 Å². The molecule has 0 atom stereocenters. The predicted octanol–water partition coefficient (Wildman–Crippen LogP) is 3.51. The molecule has 0 unspecified atom stereocenters. The molecule has 0 saturated heterocycles. The summed E-state index contributed by atoms with van der Waals surface area (Å²) in [6, 6.07) is 4.20. The average Bonchev–Trinajstić information content (AvgIpc) is 3.03. The number of nitrogen functional groups attached to an aromatic ring is 1. The topological polar surface area (TPSA) is 63.8 Å². The first kappa shape index (κ1) is 12.4. The minimum Gasteiger partial charge on any atom is -0.368 e. The molecule has 0 saturated carbocycles. The molecule has 98 valence electrons. The Bertz CT molecular complexity index is 702. The highest BCUT2D eigenvalue weighted by Crippen LogP contribution is 2.27. The fraction of sp³-hybridized carbons (Fsp3) is 0.231. The van der Waals surface area contributed by atoms with Gasteiger partial charge in [-0.1, -0.05) is 6.92 Å². The van der Waals surface area contributed by atoms with Gasteiger partial charge in [-0.15, -0.1) is 22.7 Å². The standard InChI is InChI=1S/C13H14N4S2/c1-2-8-3-5-18-10(8)7-15-11-9-4-6-19-12(9)17-13(14)16-11/h3-6H,2,7H2,1H3,(H3,14,15,16,17). The van der Waals surface area contributed by atoms with Crippen LogP contribution >= 0.6 is 22.7 Å². The van der Waals surface area contributed by atoms with Gasteiger partial charge in [0.2, 0.25) is 5.95 Å². The quantitative estimate of drug-likeness (QED) is 0.772. The summed E-state index contributed by atoms with van der Waals surface area (Å²) in [4.78, 5) is 10.8. The first-order valence-corrected chi connectivity index (χ1v) is 7.83. The van der Waals surface area contributed by atoms with E-state index >= 15 is 0 Å². The Morgan fingerprint density at radius 2 is 2.05 bits per heavy atom. The van der Waals surface area contributed by atoms with E-state index in [2.05, 4.69) is 33.7 Å². The summed E-state index contributed by atoms with van der Waals surface area (Å²) < 4.78 is 0. The van der Waals surface area contributed by atoms with Gasteiger partial charge in [-0.05, 0) is 34.9 Å². The summed E-state index contributed by atoms with van der Waals surface area (Å²) in [5.41, 5.74) is 7.13. The third kappa shape index (κ3) is 2.41. The third-order valence-corrected chi connectivity index (χ3v) is 4.75. The Morgan fingerprint density at radius 1 is 1.21 bits per heavy atom. The van der Waals surface area contributed by atoms with E-state index in [1.54, 1.807) is 22.7 Å². The molecule has 0 bridgehead atoms. The molecule has 3 heterocycles. The molecule has 19 heavy (non-hydrogen) atoms. The van der Waals surface area contributed by atoms with E-state index in [1.807, 2.05) is 11.4 Å². The zero-order valence-corrected chi connectivity index (χ0v) is 12.1. The molecule has 0 aliphatic carbocycles. The van der Waals surface area contributed by atoms with Gasteiger partial charge >= 0.3 is 0 Å². The fourth-order valence-electron chi connectivity index (χ4n) is 2.01. The van der Waals surface area contributed by atoms with Gasteiger partial charge < -0.3 is 11.1 Å². The Morgan fingerprint density at radius 3 is 2.89 bits per heavy atom. The van der Waals surface area contributed by atoms with E-state index in [9.17, 15) is 0 Å². The van der Waals surface area contributed by atoms with E-state index in [-0.39, 0.29) is 0 Å². The molecule has 0 fully saturated rings. The van der Waals surface area contributed by atoms with Crippen LogP contribution < -0.4 is 11.1 Å². The maximum atomic E-state index is 5.74. The van der Waals surface area contributed by atoms with Crippen LogP contribution in [0.1, 0.15) is 17.4 Å². The number of aryl methyl sites for hydroxylation is 1. The van der Waals surface area contributed by atoms with Crippen molar-refractivity contribution in [2.24, 2.45) is 0 Å². The van der Waals surface area contributed by atoms with Crippen LogP contribution in [0, 0.1) is 0 Å². The molecule has 3 rings (SSSR count). The molecule has 3 aromatic rings. The van der Waals surface area contributed by atoms with E-state index in [4.69, 9.17) is 5.73 Å². The van der Waals surface area contributed by atoms with Crippen LogP contribution in [0.2, 0.25) is 0 Å². The lowest BCUT2D eigenvalue weighted by Gasteiger charge is -2.07. The second-order valence-electron chi connectivity index (χ2n) is 4.15. The largest absolute Gasteiger partial charge is 0.368 e. The van der Waals surface area contributed by atoms with Gasteiger partial charge in [-0.25, -0.2) is 4.98 Å². The van der Waals surface area contributed by atoms with Crippen molar-refractivity contribution >= 4 is 44.7 Å². The van der Waals surface area contributed by atoms with Crippen LogP contribution in [0.25, 0.3) is 10.2 Å². The van der Waals surface area contributed by atoms with Gasteiger partial charge in [-0.3, -0.25) is 0 Å². The molecule has 3 N–H and O–H groups in total. The van der Waals surface area contributed by atoms with Crippen molar-refractivity contribution in [1.29, 1.82) is 0 Å². The molecule has 0 amide bonds. The zero-order valence-electron chi connectivity index (χ0n) is 10.5. The Kier molecular flexibility index (Phi) is 3.35. The summed E-state index contributed by atoms with van der Waals surface area (Å²) in [6.07, 6.45) is 1.06. The summed E-state index contributed by atoms with van der Waals surface area (Å²) in [5, 5.41) is 8.55. The van der Waals surface area contributed by atoms with Crippen molar-refractivity contribution in [2.45, 2.75) is 19.9 Å². The van der Waals surface area contributed by atoms with E-state index in [0.717, 1.165) is 29.0 Å². The Labute approximate surface area is 119 Å². The number of hydrogen-bond acceptors (Lipinski definition) is 6. The monoisotopic (exact) mass is 290 g/mol. The van der Waals surface area contributed by atoms with Crippen molar-refractivity contribution in [2.75, 3.05) is 11.1 Å². The molecule has 0 aliphatic rings. The molecule has 4 nitrogen and oxygen atoms in total. The summed E-state index contributed by atoms with van der Waals surface area (Å²) in [5.74, 6) is 1.14. The number of anilines is 2. The number of hydrogen-bond donors (Lipinski definition) is 2. The van der Waals surface area contributed by atoms with Crippen molar-refractivity contribution in [1.82, 2.24) is 9.97 Å². The first-order valence-electron chi connectivity index (χ1n) is 6.07. The van der Waals surface area contributed by atoms with Gasteiger partial charge in [0.05, 0.1) is 11.9 Å². The lowest BCUT2D eigenvalue weighted by molar-refractivity contribution is 1.07. The van der Waals surface area contributed by atoms with Gasteiger partial charge in [0, 0.05) is 4.88 Å². The van der Waals surface area contributed by atoms with Crippen molar-refractivity contribution in [3.63, 3.8) is 0 Å². The van der Waals surface area contributed by atoms with Crippen LogP contribution in [0.4, 0.5) is 11.8 Å². The van der Waals surface area contributed by atoms with Crippen LogP contribution in [-0.4, -0.2) is 9.97 Å². The number of nitrogens with one attached hydrogen (secondary N) is 1. The number of thiophene rings is 2. The molecule has 0 radical (unpaired) electrons. The molecule has 3 aromatic heterocycles. The SMILES string of the molecule is CCc1ccsc1CNc1nc(N)nc2sccc12. The number of nitrogens with zero attached hydrogens (tertiary/aromatic N) is 2. The fourth-order valence-corrected chi connectivity index (χ4v) is 3.69. The minimum atomic E-state index is 0.319. The molecule has 6 heteroatoms. The van der Waals surface area contributed by atoms with Gasteiger partial charge in [0.1, 0.15) is 10.6 Å². The van der Waals surface area contributed by atoms with Crippen LogP contribution in [-0.2, 0) is 13.0 Å². The second kappa shape index (κ2) is 5.14. The van der Waals surface area contributed by atoms with Crippen LogP contribution in [0.3, 0.4) is 0 Å². The number of fused-ring (bicyclic) bond motifs is 1. The lowest BCUT2D eigenvalue weighted by atomic mass is 10.2. The van der Waals surface area contributed by atoms with Gasteiger partial charge in [0.15, 0.2) is 0 Å². The van der Waals surface area contributed by atoms with Crippen LogP contribution in [0.15, 0.2) is 22.9 Å². The maximum Gasteiger partial charge on any atom is 0.223 e. The number of rotatable bonds is 4. The average molecular weight is 290 g/mol. The predicted molar refractivity (Wildman–Crippen MR) is 82.9 cm³/mol. The molecular weight excluding hydrogens is 276 g/mol. The first-order chi connectivity index (χ1) is 9.28. The molecule has 0 aromatic carbocycles. The lowest BCUT2D eigenvalue weighted by Crippen LogP contribution is -2.04. The minimum absolute atomic E-state index is 0.319. The van der Waals surface area contributed by atoms with E-state index in [0.29, 0.717) is 5.95 Å². The van der Waals surface area contributed by atoms with Crippen molar-refractivity contribution in [3.8, 4) is 0 Å². The molecule has 0 spiro atoms. The molecule has 0 aliphatic heterocycles. The summed E-state index contributed by atoms with van der Waals surface area (Å²) in [6.45, 7) is 2.95. The Hall–Kier alpha value is -1.66. The summed E-state index contributed by atoms with van der Waals surface area (Å²) in [7, 11) is 0. The molecular formula is C13H14N4S2. The highest BCUT2D eigenvalue weighted by molar-refractivity contribution is 7.16. The highest BCUT2D eigenvalue weighted by Gasteiger charge is 2.08. The highest BCUT2D eigenvalue weighted by atomic mass is 32.1. The van der Waals surface area contributed by atoms with Gasteiger partial charge in [-0.2, -0.15) is 4.98 Å². The zero-order chi connectivity index (χ0) is 13.2. The van der Waals surface area contributed by atoms with Crippen molar-refractivity contribution < 1.29 is 0 Å². The smallest absolute Gasteiger partial charge is 0.223 e. The second-order valence-corrected chi connectivity index (χ2v) is 6.04. The van der Waals surface area contributed by atoms with Crippen LogP contribution in [0.5, 0.6) is 0 Å². The maximum absolute atomic E-state index is 5.74. The van der Waals surface area contributed by atoms with Crippen molar-refractivity contribution in [3.05, 3.63) is 33.3 Å². The number of nitrogens with two attached hydrogens (primary N) is 1. The Balaban J connectivity index is 1.87. The van der Waals surface area contributed by atoms with E-state index < -0.39 is 0 Å². The normalized spacial score (nSPS) is 11.0.